The first-order valence-electron chi connectivity index (χ1n) is 8.43. The Labute approximate surface area is 162 Å². The van der Waals surface area contributed by atoms with Gasteiger partial charge in [0.15, 0.2) is 0 Å². The molecule has 2 aromatic carbocycles. The number of halogens is 1. The van der Waals surface area contributed by atoms with Crippen molar-refractivity contribution in [1.29, 1.82) is 0 Å². The highest BCUT2D eigenvalue weighted by atomic mass is 35.5. The molecule has 1 amide bonds. The second kappa shape index (κ2) is 7.88. The van der Waals surface area contributed by atoms with Crippen LogP contribution >= 0.6 is 11.6 Å². The minimum Gasteiger partial charge on any atom is -0.497 e. The molecule has 27 heavy (non-hydrogen) atoms. The number of nitrogens with zero attached hydrogens (tertiary/aromatic N) is 1. The molecular weight excluding hydrogens is 370 g/mol. The van der Waals surface area contributed by atoms with Crippen molar-refractivity contribution in [2.45, 2.75) is 5.92 Å². The van der Waals surface area contributed by atoms with E-state index in [1.165, 1.54) is 14.2 Å². The highest BCUT2D eigenvalue weighted by Crippen LogP contribution is 2.35. The van der Waals surface area contributed by atoms with Crippen LogP contribution in [0.2, 0.25) is 5.02 Å². The van der Waals surface area contributed by atoms with Crippen molar-refractivity contribution in [2.75, 3.05) is 27.3 Å². The molecule has 2 aromatic rings. The number of carboxylic acids is 1. The van der Waals surface area contributed by atoms with Crippen LogP contribution in [-0.2, 0) is 4.79 Å². The van der Waals surface area contributed by atoms with E-state index >= 15 is 0 Å². The van der Waals surface area contributed by atoms with Crippen molar-refractivity contribution in [1.82, 2.24) is 4.90 Å². The van der Waals surface area contributed by atoms with E-state index in [1.54, 1.807) is 35.2 Å². The summed E-state index contributed by atoms with van der Waals surface area (Å²) in [5.41, 5.74) is 1.25. The second-order valence-corrected chi connectivity index (χ2v) is 6.85. The van der Waals surface area contributed by atoms with Crippen LogP contribution in [-0.4, -0.2) is 49.2 Å². The Balaban J connectivity index is 1.88. The quantitative estimate of drug-likeness (QED) is 0.849. The van der Waals surface area contributed by atoms with E-state index in [0.29, 0.717) is 28.6 Å². The second-order valence-electron chi connectivity index (χ2n) is 6.41. The van der Waals surface area contributed by atoms with Crippen molar-refractivity contribution < 1.29 is 24.2 Å². The third-order valence-corrected chi connectivity index (χ3v) is 5.07. The third-order valence-electron chi connectivity index (χ3n) is 4.82. The van der Waals surface area contributed by atoms with E-state index in [1.807, 2.05) is 12.1 Å². The number of hydrogen-bond acceptors (Lipinski definition) is 4. The number of carboxylic acid groups (broad SMARTS) is 1. The van der Waals surface area contributed by atoms with Crippen molar-refractivity contribution in [3.05, 3.63) is 58.6 Å². The van der Waals surface area contributed by atoms with Crippen molar-refractivity contribution in [3.8, 4) is 11.5 Å². The first-order valence-corrected chi connectivity index (χ1v) is 8.81. The van der Waals surface area contributed by atoms with E-state index in [4.69, 9.17) is 21.1 Å². The maximum absolute atomic E-state index is 13.0. The third kappa shape index (κ3) is 4.01. The van der Waals surface area contributed by atoms with Gasteiger partial charge in [0.2, 0.25) is 0 Å². The number of hydrogen-bond donors (Lipinski definition) is 1. The Bertz CT molecular complexity index is 830. The number of likely N-dealkylation sites (tertiary alicyclic amines) is 1. The van der Waals surface area contributed by atoms with Gasteiger partial charge in [-0.05, 0) is 29.8 Å². The maximum Gasteiger partial charge on any atom is 0.308 e. The number of methoxy groups -OCH3 is 2. The summed E-state index contributed by atoms with van der Waals surface area (Å²) in [6.07, 6.45) is 0. The van der Waals surface area contributed by atoms with Crippen LogP contribution in [0.5, 0.6) is 11.5 Å². The Morgan fingerprint density at radius 1 is 1.04 bits per heavy atom. The first-order chi connectivity index (χ1) is 12.9. The van der Waals surface area contributed by atoms with Gasteiger partial charge in [-0.1, -0.05) is 23.7 Å². The van der Waals surface area contributed by atoms with Crippen LogP contribution in [0.15, 0.2) is 42.5 Å². The molecule has 3 rings (SSSR count). The van der Waals surface area contributed by atoms with E-state index in [9.17, 15) is 14.7 Å². The molecule has 0 radical (unpaired) electrons. The Morgan fingerprint density at radius 3 is 2.15 bits per heavy atom. The zero-order valence-corrected chi connectivity index (χ0v) is 15.8. The van der Waals surface area contributed by atoms with Gasteiger partial charge < -0.3 is 19.5 Å². The van der Waals surface area contributed by atoms with Gasteiger partial charge in [-0.3, -0.25) is 9.59 Å². The zero-order chi connectivity index (χ0) is 19.6. The standard InChI is InChI=1S/C20H20ClNO5/c1-26-15-7-13(8-16(9-15)27-2)19(23)22-10-17(18(11-22)20(24)25)12-3-5-14(21)6-4-12/h3-9,17-18H,10-11H2,1-2H3,(H,24,25)/t17-,18+/m0/s1. The molecule has 1 saturated heterocycles. The summed E-state index contributed by atoms with van der Waals surface area (Å²) in [4.78, 5) is 26.3. The molecule has 1 fully saturated rings. The molecule has 1 aliphatic heterocycles. The predicted octanol–water partition coefficient (Wildman–Crippen LogP) is 3.30. The number of rotatable bonds is 5. The fourth-order valence-corrected chi connectivity index (χ4v) is 3.51. The van der Waals surface area contributed by atoms with Crippen LogP contribution in [0.1, 0.15) is 21.8 Å². The first kappa shape index (κ1) is 19.0. The maximum atomic E-state index is 13.0. The minimum absolute atomic E-state index is 0.140. The van der Waals surface area contributed by atoms with Crippen LogP contribution in [0.3, 0.4) is 0 Å². The molecule has 0 aliphatic carbocycles. The van der Waals surface area contributed by atoms with Crippen molar-refractivity contribution >= 4 is 23.5 Å². The van der Waals surface area contributed by atoms with Gasteiger partial charge in [0, 0.05) is 35.7 Å². The average Bonchev–Trinajstić information content (AvgIpc) is 3.13. The highest BCUT2D eigenvalue weighted by Gasteiger charge is 2.40. The molecule has 0 aromatic heterocycles. The number of carbonyl (C=O) groups is 2. The molecule has 1 heterocycles. The molecule has 1 aliphatic rings. The Morgan fingerprint density at radius 2 is 1.63 bits per heavy atom. The zero-order valence-electron chi connectivity index (χ0n) is 15.0. The average molecular weight is 390 g/mol. The fourth-order valence-electron chi connectivity index (χ4n) is 3.38. The lowest BCUT2D eigenvalue weighted by Gasteiger charge is -2.17. The summed E-state index contributed by atoms with van der Waals surface area (Å²) in [6, 6.07) is 12.0. The highest BCUT2D eigenvalue weighted by molar-refractivity contribution is 6.30. The summed E-state index contributed by atoms with van der Waals surface area (Å²) in [6.45, 7) is 0.456. The lowest BCUT2D eigenvalue weighted by atomic mass is 9.89. The van der Waals surface area contributed by atoms with Crippen LogP contribution in [0.4, 0.5) is 0 Å². The molecule has 2 atom stereocenters. The Hall–Kier alpha value is -2.73. The van der Waals surface area contributed by atoms with Gasteiger partial charge in [-0.25, -0.2) is 0 Å². The van der Waals surface area contributed by atoms with Gasteiger partial charge >= 0.3 is 5.97 Å². The monoisotopic (exact) mass is 389 g/mol. The topological polar surface area (TPSA) is 76.1 Å². The molecule has 1 N–H and O–H groups in total. The normalized spacial score (nSPS) is 19.0. The van der Waals surface area contributed by atoms with Crippen molar-refractivity contribution in [2.24, 2.45) is 5.92 Å². The van der Waals surface area contributed by atoms with Crippen molar-refractivity contribution in [3.63, 3.8) is 0 Å². The van der Waals surface area contributed by atoms with E-state index < -0.39 is 11.9 Å². The molecular formula is C20H20ClNO5. The number of amides is 1. The van der Waals surface area contributed by atoms with Gasteiger partial charge in [0.05, 0.1) is 20.1 Å². The van der Waals surface area contributed by atoms with Gasteiger partial charge in [0.25, 0.3) is 5.91 Å². The van der Waals surface area contributed by atoms with E-state index in [-0.39, 0.29) is 18.4 Å². The largest absolute Gasteiger partial charge is 0.497 e. The number of ether oxygens (including phenoxy) is 2. The van der Waals surface area contributed by atoms with E-state index in [0.717, 1.165) is 5.56 Å². The minimum atomic E-state index is -0.923. The van der Waals surface area contributed by atoms with E-state index in [2.05, 4.69) is 0 Å². The SMILES string of the molecule is COc1cc(OC)cc(C(=O)N2C[C@@H](C(=O)O)[C@H](c3ccc(Cl)cc3)C2)c1. The molecule has 7 heteroatoms. The summed E-state index contributed by atoms with van der Waals surface area (Å²) < 4.78 is 10.4. The molecule has 0 unspecified atom stereocenters. The van der Waals surface area contributed by atoms with Crippen LogP contribution < -0.4 is 9.47 Å². The summed E-state index contributed by atoms with van der Waals surface area (Å²) in [5, 5.41) is 10.2. The molecule has 0 bridgehead atoms. The smallest absolute Gasteiger partial charge is 0.308 e. The van der Waals surface area contributed by atoms with Gasteiger partial charge in [-0.15, -0.1) is 0 Å². The lowest BCUT2D eigenvalue weighted by molar-refractivity contribution is -0.141. The summed E-state index contributed by atoms with van der Waals surface area (Å²) >= 11 is 5.93. The van der Waals surface area contributed by atoms with Crippen LogP contribution in [0, 0.1) is 5.92 Å². The Kier molecular flexibility index (Phi) is 5.56. The number of carbonyl (C=O) groups excluding carboxylic acids is 1. The fraction of sp³-hybridized carbons (Fsp3) is 0.300. The molecule has 6 nitrogen and oxygen atoms in total. The number of benzene rings is 2. The summed E-state index contributed by atoms with van der Waals surface area (Å²) in [5.74, 6) is -1.15. The van der Waals surface area contributed by atoms with Gasteiger partial charge in [-0.2, -0.15) is 0 Å². The molecule has 0 spiro atoms. The van der Waals surface area contributed by atoms with Crippen LogP contribution in [0.25, 0.3) is 0 Å². The van der Waals surface area contributed by atoms with Gasteiger partial charge in [0.1, 0.15) is 11.5 Å². The molecule has 142 valence electrons. The summed E-state index contributed by atoms with van der Waals surface area (Å²) in [7, 11) is 3.02. The predicted molar refractivity (Wildman–Crippen MR) is 101 cm³/mol. The number of aliphatic carboxylic acids is 1. The molecule has 0 saturated carbocycles. The lowest BCUT2D eigenvalue weighted by Crippen LogP contribution is -2.30.